The van der Waals surface area contributed by atoms with E-state index in [4.69, 9.17) is 18.6 Å². The smallest absolute Gasteiger partial charge is 0.341 e. The molecule has 4 aliphatic heterocycles. The summed E-state index contributed by atoms with van der Waals surface area (Å²) < 4.78 is 53.2. The number of nitrogens with zero attached hydrogens (tertiary/aromatic N) is 4. The van der Waals surface area contributed by atoms with Crippen LogP contribution in [0.4, 0.5) is 5.69 Å². The van der Waals surface area contributed by atoms with Crippen molar-refractivity contribution < 1.29 is 36.6 Å². The zero-order valence-electron chi connectivity index (χ0n) is 30.1. The van der Waals surface area contributed by atoms with E-state index in [-0.39, 0.29) is 35.2 Å². The summed E-state index contributed by atoms with van der Waals surface area (Å²) in [7, 11) is -0.272. The van der Waals surface area contributed by atoms with Crippen LogP contribution in [0, 0.1) is 13.8 Å². The van der Waals surface area contributed by atoms with Gasteiger partial charge in [-0.25, -0.2) is 9.52 Å². The van der Waals surface area contributed by atoms with Crippen molar-refractivity contribution in [2.24, 2.45) is 0 Å². The van der Waals surface area contributed by atoms with E-state index in [0.717, 1.165) is 53.8 Å². The van der Waals surface area contributed by atoms with Gasteiger partial charge in [-0.05, 0) is 75.9 Å². The maximum Gasteiger partial charge on any atom is 0.341 e. The highest BCUT2D eigenvalue weighted by atomic mass is 32.2. The molecule has 1 atom stereocenters. The molecule has 1 saturated carbocycles. The van der Waals surface area contributed by atoms with Gasteiger partial charge in [-0.15, -0.1) is 0 Å². The topological polar surface area (TPSA) is 151 Å². The van der Waals surface area contributed by atoms with Crippen LogP contribution in [-0.4, -0.2) is 106 Å². The predicted octanol–water partition coefficient (Wildman–Crippen LogP) is 3.10. The van der Waals surface area contributed by atoms with Crippen molar-refractivity contribution in [3.05, 3.63) is 62.0 Å². The van der Waals surface area contributed by atoms with Crippen molar-refractivity contribution in [1.82, 2.24) is 18.8 Å². The first-order valence-corrected chi connectivity index (χ1v) is 19.5. The van der Waals surface area contributed by atoms with E-state index >= 15 is 0 Å². The molecule has 3 aromatic rings. The molecule has 15 heteroatoms. The second-order valence-electron chi connectivity index (χ2n) is 14.8. The average molecular weight is 736 g/mol. The molecule has 0 radical (unpaired) electrons. The number of ether oxygens (including phenoxy) is 3. The number of hydrogen-bond donors (Lipinski definition) is 1. The Morgan fingerprint density at radius 2 is 1.77 bits per heavy atom. The fraction of sp³-hybridized carbons (Fsp3) is 0.541. The predicted molar refractivity (Wildman–Crippen MR) is 192 cm³/mol. The third kappa shape index (κ3) is 5.91. The van der Waals surface area contributed by atoms with Crippen LogP contribution in [0.25, 0.3) is 11.0 Å². The summed E-state index contributed by atoms with van der Waals surface area (Å²) in [6.07, 6.45) is 3.95. The van der Waals surface area contributed by atoms with Gasteiger partial charge in [-0.1, -0.05) is 0 Å². The quantitative estimate of drug-likeness (QED) is 0.357. The fourth-order valence-corrected chi connectivity index (χ4v) is 9.50. The molecule has 1 aliphatic carbocycles. The van der Waals surface area contributed by atoms with Crippen LogP contribution in [0.3, 0.4) is 0 Å². The monoisotopic (exact) mass is 735 g/mol. The van der Waals surface area contributed by atoms with Crippen LogP contribution < -0.4 is 24.7 Å². The average Bonchev–Trinajstić information content (AvgIpc) is 3.80. The number of benzene rings is 2. The number of carbonyl (C=O) groups is 2. The molecule has 0 unspecified atom stereocenters. The minimum absolute atomic E-state index is 0.0209. The Kier molecular flexibility index (Phi) is 8.75. The summed E-state index contributed by atoms with van der Waals surface area (Å²) in [5, 5.41) is 0.901. The lowest BCUT2D eigenvalue weighted by molar-refractivity contribution is -0.138. The number of amides is 2. The van der Waals surface area contributed by atoms with Crippen molar-refractivity contribution in [1.29, 1.82) is 0 Å². The zero-order chi connectivity index (χ0) is 36.5. The normalized spacial score (nSPS) is 21.4. The lowest BCUT2D eigenvalue weighted by Crippen LogP contribution is -2.53. The number of methoxy groups -OCH3 is 1. The molecule has 8 rings (SSSR count). The van der Waals surface area contributed by atoms with Gasteiger partial charge in [-0.2, -0.15) is 12.7 Å². The molecule has 52 heavy (non-hydrogen) atoms. The summed E-state index contributed by atoms with van der Waals surface area (Å²) in [6.45, 7) is 8.17. The molecule has 278 valence electrons. The van der Waals surface area contributed by atoms with Crippen LogP contribution in [0.1, 0.15) is 75.1 Å². The van der Waals surface area contributed by atoms with Gasteiger partial charge in [0.1, 0.15) is 5.58 Å². The molecule has 1 N–H and O–H groups in total. The number of aryl methyl sites for hydroxylation is 2. The number of carbonyl (C=O) groups excluding carboxylic acids is 2. The Labute approximate surface area is 302 Å². The number of anilines is 1. The van der Waals surface area contributed by atoms with Gasteiger partial charge in [-0.3, -0.25) is 14.5 Å². The molecule has 1 spiro atoms. The van der Waals surface area contributed by atoms with Gasteiger partial charge < -0.3 is 28.4 Å². The fourth-order valence-electron chi connectivity index (χ4n) is 8.29. The zero-order valence-corrected chi connectivity index (χ0v) is 30.9. The van der Waals surface area contributed by atoms with E-state index < -0.39 is 33.4 Å². The number of piperazine rings is 1. The van der Waals surface area contributed by atoms with Gasteiger partial charge in [0.05, 0.1) is 30.3 Å². The van der Waals surface area contributed by atoms with E-state index in [1.54, 1.807) is 18.1 Å². The van der Waals surface area contributed by atoms with Crippen molar-refractivity contribution in [3.63, 3.8) is 0 Å². The third-order valence-electron chi connectivity index (χ3n) is 11.4. The summed E-state index contributed by atoms with van der Waals surface area (Å²) in [5.74, 6) is -1.91. The van der Waals surface area contributed by atoms with Gasteiger partial charge in [0.25, 0.3) is 17.6 Å². The Bertz CT molecular complexity index is 2140. The van der Waals surface area contributed by atoms with E-state index in [0.29, 0.717) is 69.5 Å². The second-order valence-corrected chi connectivity index (χ2v) is 16.4. The Morgan fingerprint density at radius 1 is 1.00 bits per heavy atom. The molecule has 14 nitrogen and oxygen atoms in total. The van der Waals surface area contributed by atoms with Gasteiger partial charge in [0.2, 0.25) is 0 Å². The summed E-state index contributed by atoms with van der Waals surface area (Å²) in [6, 6.07) is 5.31. The first kappa shape index (κ1) is 34.9. The van der Waals surface area contributed by atoms with E-state index in [9.17, 15) is 22.8 Å². The van der Waals surface area contributed by atoms with E-state index in [1.165, 1.54) is 10.4 Å². The van der Waals surface area contributed by atoms with Crippen LogP contribution >= 0.6 is 0 Å². The largest absolute Gasteiger partial charge is 0.448 e. The highest BCUT2D eigenvalue weighted by Gasteiger charge is 2.49. The highest BCUT2D eigenvalue weighted by molar-refractivity contribution is 7.87. The van der Waals surface area contributed by atoms with Crippen molar-refractivity contribution in [3.8, 4) is 11.5 Å². The molecule has 0 bridgehead atoms. The number of likely N-dealkylation sites (N-methyl/N-ethyl adjacent to an activating group) is 1. The second kappa shape index (κ2) is 13.0. The summed E-state index contributed by atoms with van der Waals surface area (Å²) >= 11 is 0. The number of nitrogens with one attached hydrogen (secondary N) is 1. The molecule has 2 saturated heterocycles. The SMILES string of the molecule is COC[C@H]1CN(c2cc(C)c3c4c(c(=O)oc3c2C)CN(C(=O)c2cc3c(c(C(=O)NS(=O)(=O)N5CCCC5)c2)OC2(CCC2)O3)CC4)CCN1C. The molecule has 5 aliphatic rings. The van der Waals surface area contributed by atoms with Crippen LogP contribution in [0.5, 0.6) is 11.5 Å². The van der Waals surface area contributed by atoms with Gasteiger partial charge in [0.15, 0.2) is 11.5 Å². The number of fused-ring (bicyclic) bond motifs is 4. The first-order chi connectivity index (χ1) is 24.9. The molecular weight excluding hydrogens is 690 g/mol. The first-order valence-electron chi connectivity index (χ1n) is 18.1. The third-order valence-corrected chi connectivity index (χ3v) is 12.9. The van der Waals surface area contributed by atoms with Gasteiger partial charge in [0, 0.05) is 81.4 Å². The summed E-state index contributed by atoms with van der Waals surface area (Å²) in [5.41, 5.74) is 4.36. The molecular formula is C37H45N5O9S. The highest BCUT2D eigenvalue weighted by Crippen LogP contribution is 2.50. The molecule has 5 heterocycles. The van der Waals surface area contributed by atoms with Crippen molar-refractivity contribution in [2.75, 3.05) is 64.9 Å². The Morgan fingerprint density at radius 3 is 2.48 bits per heavy atom. The lowest BCUT2D eigenvalue weighted by atomic mass is 9.91. The van der Waals surface area contributed by atoms with Crippen molar-refractivity contribution in [2.45, 2.75) is 70.7 Å². The summed E-state index contributed by atoms with van der Waals surface area (Å²) in [4.78, 5) is 47.6. The standard InChI is InChI=1S/C37H45N5O9S/c1-22-16-29(40-15-14-39(3)25(19-40)21-48-4)23(2)32-31(22)26-8-13-41(20-28(26)36(45)49-32)35(44)24-17-27(33-30(18-24)50-37(51-33)9-7-10-37)34(43)38-52(46,47)42-11-5-6-12-42/h16-18,25H,5-15,19-21H2,1-4H3,(H,38,43)/t25-/m1/s1. The van der Waals surface area contributed by atoms with E-state index in [2.05, 4.69) is 27.6 Å². The maximum absolute atomic E-state index is 14.2. The molecule has 3 fully saturated rings. The molecule has 2 amide bonds. The van der Waals surface area contributed by atoms with Crippen LogP contribution in [-0.2, 0) is 27.9 Å². The number of hydrogen-bond acceptors (Lipinski definition) is 11. The lowest BCUT2D eigenvalue weighted by Gasteiger charge is -2.41. The van der Waals surface area contributed by atoms with E-state index in [1.807, 2.05) is 13.8 Å². The van der Waals surface area contributed by atoms with Crippen LogP contribution in [0.15, 0.2) is 27.4 Å². The maximum atomic E-state index is 14.2. The molecule has 2 aromatic carbocycles. The van der Waals surface area contributed by atoms with Crippen LogP contribution in [0.2, 0.25) is 0 Å². The van der Waals surface area contributed by atoms with Crippen molar-refractivity contribution >= 4 is 38.7 Å². The Hall–Kier alpha value is -4.18. The Balaban J connectivity index is 1.09. The minimum atomic E-state index is -4.09. The molecule has 1 aromatic heterocycles. The minimum Gasteiger partial charge on any atom is -0.448 e. The number of rotatable bonds is 7. The van der Waals surface area contributed by atoms with Gasteiger partial charge >= 0.3 is 15.8 Å².